The number of halogens is 1. The summed E-state index contributed by atoms with van der Waals surface area (Å²) >= 11 is 5.87. The molecule has 7 nitrogen and oxygen atoms in total. The van der Waals surface area contributed by atoms with Gasteiger partial charge in [-0.2, -0.15) is 0 Å². The van der Waals surface area contributed by atoms with E-state index in [0.29, 0.717) is 27.8 Å². The van der Waals surface area contributed by atoms with E-state index in [1.54, 1.807) is 42.5 Å². The minimum Gasteiger partial charge on any atom is -0.493 e. The van der Waals surface area contributed by atoms with E-state index in [0.717, 1.165) is 10.5 Å². The van der Waals surface area contributed by atoms with Crippen LogP contribution in [0.15, 0.2) is 42.1 Å². The zero-order chi connectivity index (χ0) is 20.3. The SMILES string of the molecule is COc1cc(C=C2NC(=O)N(Cc3ccc(Cl)cc3)C2=O)cc(OC)c1OC. The van der Waals surface area contributed by atoms with Gasteiger partial charge in [0, 0.05) is 5.02 Å². The maximum Gasteiger partial charge on any atom is 0.329 e. The smallest absolute Gasteiger partial charge is 0.329 e. The van der Waals surface area contributed by atoms with E-state index in [1.807, 2.05) is 0 Å². The third-order valence-corrected chi connectivity index (χ3v) is 4.47. The van der Waals surface area contributed by atoms with Crippen LogP contribution in [0.3, 0.4) is 0 Å². The average Bonchev–Trinajstić information content (AvgIpc) is 2.96. The Morgan fingerprint density at radius 2 is 1.61 bits per heavy atom. The molecule has 1 N–H and O–H groups in total. The van der Waals surface area contributed by atoms with Crippen molar-refractivity contribution in [2.45, 2.75) is 6.54 Å². The lowest BCUT2D eigenvalue weighted by Crippen LogP contribution is -2.30. The fourth-order valence-corrected chi connectivity index (χ4v) is 2.96. The van der Waals surface area contributed by atoms with Gasteiger partial charge >= 0.3 is 6.03 Å². The summed E-state index contributed by atoms with van der Waals surface area (Å²) in [4.78, 5) is 26.1. The number of hydrogen-bond acceptors (Lipinski definition) is 5. The van der Waals surface area contributed by atoms with Gasteiger partial charge in [-0.3, -0.25) is 9.69 Å². The highest BCUT2D eigenvalue weighted by molar-refractivity contribution is 6.30. The Morgan fingerprint density at radius 1 is 1.00 bits per heavy atom. The molecule has 0 radical (unpaired) electrons. The van der Waals surface area contributed by atoms with E-state index in [9.17, 15) is 9.59 Å². The molecule has 1 aliphatic heterocycles. The van der Waals surface area contributed by atoms with Gasteiger partial charge in [0.15, 0.2) is 11.5 Å². The molecule has 1 saturated heterocycles. The third-order valence-electron chi connectivity index (χ3n) is 4.21. The molecule has 2 aromatic carbocycles. The van der Waals surface area contributed by atoms with Gasteiger partial charge in [0.05, 0.1) is 27.9 Å². The van der Waals surface area contributed by atoms with Crippen molar-refractivity contribution >= 4 is 29.6 Å². The minimum atomic E-state index is -0.487. The molecule has 2 aromatic rings. The fourth-order valence-electron chi connectivity index (χ4n) is 2.84. The molecule has 1 fully saturated rings. The Bertz CT molecular complexity index is 915. The molecule has 0 bridgehead atoms. The second kappa shape index (κ2) is 8.22. The van der Waals surface area contributed by atoms with Crippen molar-refractivity contribution in [2.75, 3.05) is 21.3 Å². The summed E-state index contributed by atoms with van der Waals surface area (Å²) < 4.78 is 15.9. The van der Waals surface area contributed by atoms with Crippen LogP contribution in [-0.4, -0.2) is 38.2 Å². The van der Waals surface area contributed by atoms with Crippen molar-refractivity contribution < 1.29 is 23.8 Å². The Hall–Kier alpha value is -3.19. The number of nitrogens with zero attached hydrogens (tertiary/aromatic N) is 1. The molecule has 0 atom stereocenters. The highest BCUT2D eigenvalue weighted by Gasteiger charge is 2.33. The Labute approximate surface area is 167 Å². The molecule has 3 rings (SSSR count). The van der Waals surface area contributed by atoms with Crippen LogP contribution >= 0.6 is 11.6 Å². The van der Waals surface area contributed by atoms with Crippen molar-refractivity contribution in [3.05, 3.63) is 58.2 Å². The first kappa shape index (κ1) is 19.6. The number of urea groups is 1. The summed E-state index contributed by atoms with van der Waals surface area (Å²) in [5.74, 6) is 0.916. The van der Waals surface area contributed by atoms with Gasteiger partial charge in [-0.1, -0.05) is 23.7 Å². The zero-order valence-electron chi connectivity index (χ0n) is 15.6. The summed E-state index contributed by atoms with van der Waals surface area (Å²) in [6.07, 6.45) is 1.56. The quantitative estimate of drug-likeness (QED) is 0.591. The Kier molecular flexibility index (Phi) is 5.75. The normalized spacial score (nSPS) is 15.0. The molecular weight excluding hydrogens is 384 g/mol. The average molecular weight is 403 g/mol. The zero-order valence-corrected chi connectivity index (χ0v) is 16.4. The minimum absolute atomic E-state index is 0.147. The van der Waals surface area contributed by atoms with Crippen LogP contribution in [0, 0.1) is 0 Å². The third kappa shape index (κ3) is 3.89. The van der Waals surface area contributed by atoms with Gasteiger partial charge in [0.1, 0.15) is 5.70 Å². The molecule has 0 aromatic heterocycles. The molecule has 1 aliphatic rings. The summed E-state index contributed by atoms with van der Waals surface area (Å²) in [6, 6.07) is 9.85. The second-order valence-corrected chi connectivity index (χ2v) is 6.40. The van der Waals surface area contributed by atoms with Crippen molar-refractivity contribution in [1.82, 2.24) is 10.2 Å². The topological polar surface area (TPSA) is 77.1 Å². The first-order valence-electron chi connectivity index (χ1n) is 8.35. The van der Waals surface area contributed by atoms with E-state index in [4.69, 9.17) is 25.8 Å². The number of amides is 3. The summed E-state index contributed by atoms with van der Waals surface area (Å²) in [6.45, 7) is 0.147. The number of rotatable bonds is 6. The lowest BCUT2D eigenvalue weighted by molar-refractivity contribution is -0.123. The summed E-state index contributed by atoms with van der Waals surface area (Å²) in [7, 11) is 4.52. The van der Waals surface area contributed by atoms with Crippen LogP contribution < -0.4 is 19.5 Å². The van der Waals surface area contributed by atoms with Crippen molar-refractivity contribution in [3.63, 3.8) is 0 Å². The van der Waals surface area contributed by atoms with E-state index >= 15 is 0 Å². The monoisotopic (exact) mass is 402 g/mol. The number of methoxy groups -OCH3 is 3. The molecule has 0 spiro atoms. The number of carbonyl (C=O) groups is 2. The van der Waals surface area contributed by atoms with Crippen molar-refractivity contribution in [3.8, 4) is 17.2 Å². The van der Waals surface area contributed by atoms with E-state index in [1.165, 1.54) is 21.3 Å². The summed E-state index contributed by atoms with van der Waals surface area (Å²) in [5, 5.41) is 3.18. The van der Waals surface area contributed by atoms with Gasteiger partial charge in [0.25, 0.3) is 5.91 Å². The van der Waals surface area contributed by atoms with Gasteiger partial charge in [-0.05, 0) is 41.5 Å². The van der Waals surface area contributed by atoms with E-state index < -0.39 is 11.9 Å². The van der Waals surface area contributed by atoms with Gasteiger partial charge in [-0.25, -0.2) is 4.79 Å². The maximum absolute atomic E-state index is 12.7. The number of benzene rings is 2. The number of nitrogens with one attached hydrogen (secondary N) is 1. The molecule has 3 amide bonds. The lowest BCUT2D eigenvalue weighted by atomic mass is 10.1. The number of hydrogen-bond donors (Lipinski definition) is 1. The highest BCUT2D eigenvalue weighted by atomic mass is 35.5. The number of ether oxygens (including phenoxy) is 3. The van der Waals surface area contributed by atoms with E-state index in [2.05, 4.69) is 5.32 Å². The molecule has 0 unspecified atom stereocenters. The van der Waals surface area contributed by atoms with Gasteiger partial charge in [0.2, 0.25) is 5.75 Å². The highest BCUT2D eigenvalue weighted by Crippen LogP contribution is 2.38. The summed E-state index contributed by atoms with van der Waals surface area (Å²) in [5.41, 5.74) is 1.57. The van der Waals surface area contributed by atoms with Crippen LogP contribution in [-0.2, 0) is 11.3 Å². The van der Waals surface area contributed by atoms with Crippen LogP contribution in [0.1, 0.15) is 11.1 Å². The van der Waals surface area contributed by atoms with Crippen LogP contribution in [0.4, 0.5) is 4.79 Å². The standard InChI is InChI=1S/C20H19ClN2O5/c1-26-16-9-13(10-17(27-2)18(16)28-3)8-15-19(24)23(20(25)22-15)11-12-4-6-14(21)7-5-12/h4-10H,11H2,1-3H3,(H,22,25). The first-order valence-corrected chi connectivity index (χ1v) is 8.73. The molecule has 0 aliphatic carbocycles. The lowest BCUT2D eigenvalue weighted by Gasteiger charge is -2.13. The molecule has 8 heteroatoms. The van der Waals surface area contributed by atoms with Gasteiger partial charge in [-0.15, -0.1) is 0 Å². The Morgan fingerprint density at radius 3 is 2.14 bits per heavy atom. The molecule has 0 saturated carbocycles. The Balaban J connectivity index is 1.88. The van der Waals surface area contributed by atoms with Crippen molar-refractivity contribution in [2.24, 2.45) is 0 Å². The largest absolute Gasteiger partial charge is 0.493 e. The maximum atomic E-state index is 12.7. The molecule has 1 heterocycles. The van der Waals surface area contributed by atoms with Crippen LogP contribution in [0.25, 0.3) is 6.08 Å². The predicted octanol–water partition coefficient (Wildman–Crippen LogP) is 3.46. The molecular formula is C20H19ClN2O5. The van der Waals surface area contributed by atoms with Gasteiger partial charge < -0.3 is 19.5 Å². The fraction of sp³-hybridized carbons (Fsp3) is 0.200. The molecule has 146 valence electrons. The van der Waals surface area contributed by atoms with Crippen molar-refractivity contribution in [1.29, 1.82) is 0 Å². The van der Waals surface area contributed by atoms with Crippen LogP contribution in [0.5, 0.6) is 17.2 Å². The molecule has 28 heavy (non-hydrogen) atoms. The second-order valence-electron chi connectivity index (χ2n) is 5.96. The number of imide groups is 1. The predicted molar refractivity (Wildman–Crippen MR) is 105 cm³/mol. The van der Waals surface area contributed by atoms with Crippen LogP contribution in [0.2, 0.25) is 5.02 Å². The van der Waals surface area contributed by atoms with E-state index in [-0.39, 0.29) is 12.2 Å². The number of carbonyl (C=O) groups excluding carboxylic acids is 2. The first-order chi connectivity index (χ1) is 13.5.